The van der Waals surface area contributed by atoms with Crippen LogP contribution in [0.2, 0.25) is 0 Å². The summed E-state index contributed by atoms with van der Waals surface area (Å²) < 4.78 is 0. The molecule has 0 amide bonds. The maximum atomic E-state index is 10.3. The van der Waals surface area contributed by atoms with E-state index in [0.717, 1.165) is 18.2 Å². The summed E-state index contributed by atoms with van der Waals surface area (Å²) in [5, 5.41) is 35.3. The number of rotatable bonds is 2. The Labute approximate surface area is 73.5 Å². The lowest BCUT2D eigenvalue weighted by Crippen LogP contribution is -2.09. The lowest BCUT2D eigenvalue weighted by molar-refractivity contribution is -0.146. The van der Waals surface area contributed by atoms with Crippen molar-refractivity contribution in [3.05, 3.63) is 23.8 Å². The summed E-state index contributed by atoms with van der Waals surface area (Å²) in [6, 6.07) is 3.18. The van der Waals surface area contributed by atoms with Crippen molar-refractivity contribution in [3.63, 3.8) is 0 Å². The first kappa shape index (κ1) is 9.34. The first-order valence-corrected chi connectivity index (χ1v) is 3.44. The van der Waals surface area contributed by atoms with Gasteiger partial charge in [0.05, 0.1) is 0 Å². The highest BCUT2D eigenvalue weighted by molar-refractivity contribution is 5.74. The Bertz CT molecular complexity index is 313. The molecule has 0 spiro atoms. The molecule has 0 radical (unpaired) electrons. The topological polar surface area (TPSA) is 98.0 Å². The summed E-state index contributed by atoms with van der Waals surface area (Å²) in [6.45, 7) is 0. The summed E-state index contributed by atoms with van der Waals surface area (Å²) in [5.74, 6) is -2.03. The van der Waals surface area contributed by atoms with E-state index in [-0.39, 0.29) is 17.1 Å². The number of phenols is 2. The molecular weight excluding hydrogens is 176 g/mol. The Morgan fingerprint density at radius 1 is 1.15 bits per heavy atom. The molecule has 0 aliphatic rings. The number of phenolic OH excluding ortho intramolecular Hbond substituents is 2. The van der Waals surface area contributed by atoms with Crippen LogP contribution in [0.5, 0.6) is 11.5 Å². The van der Waals surface area contributed by atoms with Crippen LogP contribution in [0.15, 0.2) is 18.2 Å². The molecule has 1 aromatic carbocycles. The summed E-state index contributed by atoms with van der Waals surface area (Å²) in [6.07, 6.45) is -1.74. The van der Waals surface area contributed by atoms with Crippen LogP contribution < -0.4 is 0 Å². The highest BCUT2D eigenvalue weighted by atomic mass is 16.4. The Balaban J connectivity index is 3.07. The second-order valence-corrected chi connectivity index (χ2v) is 2.52. The predicted octanol–water partition coefficient (Wildman–Crippen LogP) is 0.216. The molecule has 4 N–H and O–H groups in total. The summed E-state index contributed by atoms with van der Waals surface area (Å²) in [5.41, 5.74) is -0.0648. The number of carbonyl (C=O) groups is 1. The van der Waals surface area contributed by atoms with Crippen LogP contribution in [0.25, 0.3) is 0 Å². The fourth-order valence-electron chi connectivity index (χ4n) is 0.918. The predicted molar refractivity (Wildman–Crippen MR) is 42.4 cm³/mol. The van der Waals surface area contributed by atoms with Gasteiger partial charge in [-0.1, -0.05) is 0 Å². The molecular formula is C8H8O5. The van der Waals surface area contributed by atoms with E-state index in [9.17, 15) is 4.79 Å². The first-order chi connectivity index (χ1) is 6.00. The maximum absolute atomic E-state index is 10.3. The molecule has 1 aromatic rings. The van der Waals surface area contributed by atoms with E-state index in [1.165, 1.54) is 0 Å². The zero-order valence-electron chi connectivity index (χ0n) is 6.51. The number of benzene rings is 1. The van der Waals surface area contributed by atoms with Crippen molar-refractivity contribution < 1.29 is 25.2 Å². The van der Waals surface area contributed by atoms with E-state index in [1.54, 1.807) is 0 Å². The summed E-state index contributed by atoms with van der Waals surface area (Å²) >= 11 is 0. The minimum Gasteiger partial charge on any atom is -0.508 e. The second-order valence-electron chi connectivity index (χ2n) is 2.52. The lowest BCUT2D eigenvalue weighted by atomic mass is 10.1. The number of aromatic hydroxyl groups is 2. The molecule has 0 heterocycles. The van der Waals surface area contributed by atoms with Crippen molar-refractivity contribution in [1.29, 1.82) is 0 Å². The van der Waals surface area contributed by atoms with Gasteiger partial charge in [0.25, 0.3) is 0 Å². The second kappa shape index (κ2) is 3.32. The van der Waals surface area contributed by atoms with Crippen LogP contribution in [0.4, 0.5) is 0 Å². The minimum absolute atomic E-state index is 0.0648. The third-order valence-corrected chi connectivity index (χ3v) is 1.47. The summed E-state index contributed by atoms with van der Waals surface area (Å²) in [7, 11) is 0. The zero-order chi connectivity index (χ0) is 10.0. The van der Waals surface area contributed by atoms with E-state index in [2.05, 4.69) is 0 Å². The fraction of sp³-hybridized carbons (Fsp3) is 0.125. The molecule has 0 fully saturated rings. The van der Waals surface area contributed by atoms with Crippen LogP contribution in [-0.2, 0) is 4.79 Å². The molecule has 0 bridgehead atoms. The highest BCUT2D eigenvalue weighted by Gasteiger charge is 2.16. The molecule has 0 aliphatic heterocycles. The quantitative estimate of drug-likeness (QED) is 0.527. The van der Waals surface area contributed by atoms with Gasteiger partial charge in [0.1, 0.15) is 11.5 Å². The van der Waals surface area contributed by atoms with Gasteiger partial charge < -0.3 is 20.4 Å². The van der Waals surface area contributed by atoms with Crippen molar-refractivity contribution in [2.24, 2.45) is 0 Å². The van der Waals surface area contributed by atoms with Crippen LogP contribution in [-0.4, -0.2) is 26.4 Å². The molecule has 13 heavy (non-hydrogen) atoms. The monoisotopic (exact) mass is 184 g/mol. The number of aliphatic hydroxyl groups is 1. The molecule has 1 rings (SSSR count). The third kappa shape index (κ3) is 2.09. The van der Waals surface area contributed by atoms with Gasteiger partial charge in [0.2, 0.25) is 0 Å². The van der Waals surface area contributed by atoms with Crippen molar-refractivity contribution >= 4 is 5.97 Å². The third-order valence-electron chi connectivity index (χ3n) is 1.47. The molecule has 0 saturated carbocycles. The van der Waals surface area contributed by atoms with Crippen molar-refractivity contribution in [2.75, 3.05) is 0 Å². The largest absolute Gasteiger partial charge is 0.508 e. The minimum atomic E-state index is -1.74. The number of hydrogen-bond acceptors (Lipinski definition) is 4. The first-order valence-electron chi connectivity index (χ1n) is 3.44. The standard InChI is InChI=1S/C8H8O5/c9-5-1-4(2-6(10)3-5)7(11)8(12)13/h1-3,7,9-11H,(H,12,13)/t7-/m0/s1. The van der Waals surface area contributed by atoms with Crippen LogP contribution >= 0.6 is 0 Å². The Hall–Kier alpha value is -1.75. The number of aliphatic carboxylic acids is 1. The van der Waals surface area contributed by atoms with Crippen LogP contribution in [0, 0.1) is 0 Å². The van der Waals surface area contributed by atoms with Gasteiger partial charge in [-0.25, -0.2) is 4.79 Å². The van der Waals surface area contributed by atoms with Crippen LogP contribution in [0.1, 0.15) is 11.7 Å². The maximum Gasteiger partial charge on any atom is 0.337 e. The smallest absolute Gasteiger partial charge is 0.337 e. The van der Waals surface area contributed by atoms with E-state index in [4.69, 9.17) is 20.4 Å². The van der Waals surface area contributed by atoms with E-state index in [1.807, 2.05) is 0 Å². The van der Waals surface area contributed by atoms with Gasteiger partial charge in [-0.15, -0.1) is 0 Å². The average molecular weight is 184 g/mol. The van der Waals surface area contributed by atoms with E-state index in [0.29, 0.717) is 0 Å². The number of carboxylic acid groups (broad SMARTS) is 1. The van der Waals surface area contributed by atoms with Gasteiger partial charge >= 0.3 is 5.97 Å². The Morgan fingerprint density at radius 2 is 1.62 bits per heavy atom. The number of aliphatic hydroxyl groups excluding tert-OH is 1. The molecule has 0 saturated heterocycles. The van der Waals surface area contributed by atoms with Crippen molar-refractivity contribution in [1.82, 2.24) is 0 Å². The SMILES string of the molecule is O=C(O)[C@@H](O)c1cc(O)cc(O)c1. The lowest BCUT2D eigenvalue weighted by Gasteiger charge is -2.06. The fourth-order valence-corrected chi connectivity index (χ4v) is 0.918. The molecule has 0 aliphatic carbocycles. The molecule has 70 valence electrons. The van der Waals surface area contributed by atoms with Crippen molar-refractivity contribution in [3.8, 4) is 11.5 Å². The van der Waals surface area contributed by atoms with Gasteiger partial charge in [-0.3, -0.25) is 0 Å². The van der Waals surface area contributed by atoms with Gasteiger partial charge in [-0.05, 0) is 17.7 Å². The highest BCUT2D eigenvalue weighted by Crippen LogP contribution is 2.24. The molecule has 5 heteroatoms. The van der Waals surface area contributed by atoms with E-state index < -0.39 is 12.1 Å². The molecule has 0 unspecified atom stereocenters. The van der Waals surface area contributed by atoms with Gasteiger partial charge in [0, 0.05) is 6.07 Å². The molecule has 1 atom stereocenters. The van der Waals surface area contributed by atoms with Crippen LogP contribution in [0.3, 0.4) is 0 Å². The number of carboxylic acids is 1. The average Bonchev–Trinajstić information content (AvgIpc) is 2.01. The van der Waals surface area contributed by atoms with Crippen molar-refractivity contribution in [2.45, 2.75) is 6.10 Å². The Kier molecular flexibility index (Phi) is 2.39. The number of hydrogen-bond donors (Lipinski definition) is 4. The summed E-state index contributed by atoms with van der Waals surface area (Å²) in [4.78, 5) is 10.3. The zero-order valence-corrected chi connectivity index (χ0v) is 6.51. The van der Waals surface area contributed by atoms with Gasteiger partial charge in [0.15, 0.2) is 6.10 Å². The molecule has 0 aromatic heterocycles. The molecule has 5 nitrogen and oxygen atoms in total. The normalized spacial score (nSPS) is 12.4. The van der Waals surface area contributed by atoms with E-state index >= 15 is 0 Å². The Morgan fingerprint density at radius 3 is 2.00 bits per heavy atom. The van der Waals surface area contributed by atoms with Gasteiger partial charge in [-0.2, -0.15) is 0 Å².